The van der Waals surface area contributed by atoms with Gasteiger partial charge >= 0.3 is 5.97 Å². The Hall–Kier alpha value is -2.76. The molecule has 0 bridgehead atoms. The van der Waals surface area contributed by atoms with Gasteiger partial charge in [0.15, 0.2) is 0 Å². The molecule has 20 heavy (non-hydrogen) atoms. The fraction of sp³-hybridized carbons (Fsp3) is 0.143. The second kappa shape index (κ2) is 5.48. The molecule has 6 heteroatoms. The Balaban J connectivity index is 2.17. The third kappa shape index (κ3) is 2.97. The van der Waals surface area contributed by atoms with Gasteiger partial charge in [-0.25, -0.2) is 4.79 Å². The number of nitrogens with one attached hydrogen (secondary N) is 1. The third-order valence-corrected chi connectivity index (χ3v) is 2.72. The van der Waals surface area contributed by atoms with Gasteiger partial charge in [0, 0.05) is 11.9 Å². The molecule has 2 aromatic heterocycles. The van der Waals surface area contributed by atoms with Gasteiger partial charge in [-0.05, 0) is 38.1 Å². The summed E-state index contributed by atoms with van der Waals surface area (Å²) in [5.41, 5.74) is 2.36. The van der Waals surface area contributed by atoms with Crippen LogP contribution in [-0.4, -0.2) is 27.0 Å². The van der Waals surface area contributed by atoms with E-state index in [0.717, 1.165) is 11.9 Å². The van der Waals surface area contributed by atoms with Crippen LogP contribution in [-0.2, 0) is 0 Å². The standard InChI is InChI=1S/C14H13N3O3/c1-8-3-5-11(9(2)16-8)17-13(18)12-6-4-10(7-15-12)14(19)20/h3-7H,1-2H3,(H,17,18)(H,19,20). The topological polar surface area (TPSA) is 92.2 Å². The van der Waals surface area contributed by atoms with Crippen LogP contribution in [0, 0.1) is 13.8 Å². The second-order valence-electron chi connectivity index (χ2n) is 4.28. The predicted molar refractivity (Wildman–Crippen MR) is 72.9 cm³/mol. The summed E-state index contributed by atoms with van der Waals surface area (Å²) in [4.78, 5) is 30.8. The number of rotatable bonds is 3. The van der Waals surface area contributed by atoms with Crippen LogP contribution in [0.5, 0.6) is 0 Å². The summed E-state index contributed by atoms with van der Waals surface area (Å²) < 4.78 is 0. The molecule has 0 unspecified atom stereocenters. The van der Waals surface area contributed by atoms with Gasteiger partial charge in [-0.3, -0.25) is 14.8 Å². The van der Waals surface area contributed by atoms with Gasteiger partial charge in [0.1, 0.15) is 5.69 Å². The first kappa shape index (κ1) is 13.7. The predicted octanol–water partition coefficient (Wildman–Crippen LogP) is 2.04. The molecule has 0 aliphatic rings. The highest BCUT2D eigenvalue weighted by Gasteiger charge is 2.11. The van der Waals surface area contributed by atoms with Crippen LogP contribution in [0.1, 0.15) is 32.2 Å². The van der Waals surface area contributed by atoms with E-state index in [4.69, 9.17) is 5.11 Å². The molecule has 6 nitrogen and oxygen atoms in total. The monoisotopic (exact) mass is 271 g/mol. The molecule has 0 aliphatic carbocycles. The first-order valence-corrected chi connectivity index (χ1v) is 5.92. The Labute approximate surface area is 115 Å². The molecule has 0 spiro atoms. The molecule has 0 saturated heterocycles. The molecular weight excluding hydrogens is 258 g/mol. The number of carboxylic acid groups (broad SMARTS) is 1. The lowest BCUT2D eigenvalue weighted by Gasteiger charge is -2.08. The quantitative estimate of drug-likeness (QED) is 0.891. The van der Waals surface area contributed by atoms with Gasteiger partial charge in [0.2, 0.25) is 0 Å². The number of aromatic carboxylic acids is 1. The minimum absolute atomic E-state index is 0.0368. The number of aromatic nitrogens is 2. The van der Waals surface area contributed by atoms with Crippen molar-refractivity contribution in [3.05, 3.63) is 53.1 Å². The minimum Gasteiger partial charge on any atom is -0.478 e. The molecule has 0 radical (unpaired) electrons. The fourth-order valence-corrected chi connectivity index (χ4v) is 1.66. The van der Waals surface area contributed by atoms with Crippen LogP contribution in [0.4, 0.5) is 5.69 Å². The lowest BCUT2D eigenvalue weighted by molar-refractivity contribution is 0.0696. The van der Waals surface area contributed by atoms with Crippen molar-refractivity contribution in [1.29, 1.82) is 0 Å². The average molecular weight is 271 g/mol. The number of carbonyl (C=O) groups is 2. The molecule has 2 N–H and O–H groups in total. The third-order valence-electron chi connectivity index (χ3n) is 2.72. The van der Waals surface area contributed by atoms with Crippen molar-refractivity contribution in [3.8, 4) is 0 Å². The van der Waals surface area contributed by atoms with Crippen molar-refractivity contribution < 1.29 is 14.7 Å². The van der Waals surface area contributed by atoms with E-state index in [0.29, 0.717) is 11.4 Å². The minimum atomic E-state index is -1.08. The molecule has 2 aromatic rings. The summed E-state index contributed by atoms with van der Waals surface area (Å²) in [6.45, 7) is 3.66. The Morgan fingerprint density at radius 2 is 1.90 bits per heavy atom. The van der Waals surface area contributed by atoms with Crippen molar-refractivity contribution >= 4 is 17.6 Å². The highest BCUT2D eigenvalue weighted by molar-refractivity contribution is 6.03. The van der Waals surface area contributed by atoms with Gasteiger partial charge in [-0.2, -0.15) is 0 Å². The lowest BCUT2D eigenvalue weighted by Crippen LogP contribution is -2.15. The summed E-state index contributed by atoms with van der Waals surface area (Å²) >= 11 is 0. The number of anilines is 1. The van der Waals surface area contributed by atoms with Gasteiger partial charge in [-0.15, -0.1) is 0 Å². The Morgan fingerprint density at radius 3 is 2.45 bits per heavy atom. The van der Waals surface area contributed by atoms with E-state index < -0.39 is 11.9 Å². The number of nitrogens with zero attached hydrogens (tertiary/aromatic N) is 2. The molecule has 2 rings (SSSR count). The van der Waals surface area contributed by atoms with E-state index in [1.807, 2.05) is 6.92 Å². The molecule has 102 valence electrons. The zero-order valence-electron chi connectivity index (χ0n) is 11.0. The van der Waals surface area contributed by atoms with Crippen LogP contribution in [0.3, 0.4) is 0 Å². The van der Waals surface area contributed by atoms with Gasteiger partial charge < -0.3 is 10.4 Å². The van der Waals surface area contributed by atoms with Gasteiger partial charge in [0.05, 0.1) is 16.9 Å². The first-order valence-electron chi connectivity index (χ1n) is 5.92. The number of amides is 1. The lowest BCUT2D eigenvalue weighted by atomic mass is 10.2. The fourth-order valence-electron chi connectivity index (χ4n) is 1.66. The summed E-state index contributed by atoms with van der Waals surface area (Å²) in [6.07, 6.45) is 1.15. The van der Waals surface area contributed by atoms with E-state index in [-0.39, 0.29) is 11.3 Å². The number of aryl methyl sites for hydroxylation is 2. The van der Waals surface area contributed by atoms with Crippen LogP contribution < -0.4 is 5.32 Å². The SMILES string of the molecule is Cc1ccc(NC(=O)c2ccc(C(=O)O)cn2)c(C)n1. The normalized spacial score (nSPS) is 10.1. The van der Waals surface area contributed by atoms with Crippen molar-refractivity contribution in [2.75, 3.05) is 5.32 Å². The van der Waals surface area contributed by atoms with E-state index in [9.17, 15) is 9.59 Å². The van der Waals surface area contributed by atoms with Crippen LogP contribution in [0.15, 0.2) is 30.5 Å². The molecule has 0 aliphatic heterocycles. The molecule has 0 saturated carbocycles. The highest BCUT2D eigenvalue weighted by Crippen LogP contribution is 2.13. The summed E-state index contributed by atoms with van der Waals surface area (Å²) in [5.74, 6) is -1.49. The maximum Gasteiger partial charge on any atom is 0.337 e. The maximum atomic E-state index is 12.0. The second-order valence-corrected chi connectivity index (χ2v) is 4.28. The Bertz CT molecular complexity index is 666. The zero-order valence-corrected chi connectivity index (χ0v) is 11.0. The number of carbonyl (C=O) groups excluding carboxylic acids is 1. The summed E-state index contributed by atoms with van der Waals surface area (Å²) in [6, 6.07) is 6.27. The molecule has 1 amide bonds. The van der Waals surface area contributed by atoms with Crippen LogP contribution >= 0.6 is 0 Å². The maximum absolute atomic E-state index is 12.0. The number of pyridine rings is 2. The number of carboxylic acids is 1. The van der Waals surface area contributed by atoms with E-state index in [2.05, 4.69) is 15.3 Å². The van der Waals surface area contributed by atoms with E-state index in [1.54, 1.807) is 19.1 Å². The Morgan fingerprint density at radius 1 is 1.15 bits per heavy atom. The van der Waals surface area contributed by atoms with E-state index in [1.165, 1.54) is 12.1 Å². The summed E-state index contributed by atoms with van der Waals surface area (Å²) in [7, 11) is 0. The van der Waals surface area contributed by atoms with E-state index >= 15 is 0 Å². The molecule has 0 atom stereocenters. The van der Waals surface area contributed by atoms with Gasteiger partial charge in [0.25, 0.3) is 5.91 Å². The molecule has 0 fully saturated rings. The molecule has 0 aromatic carbocycles. The smallest absolute Gasteiger partial charge is 0.337 e. The number of hydrogen-bond donors (Lipinski definition) is 2. The average Bonchev–Trinajstić information content (AvgIpc) is 2.42. The van der Waals surface area contributed by atoms with Crippen LogP contribution in [0.25, 0.3) is 0 Å². The largest absolute Gasteiger partial charge is 0.478 e. The van der Waals surface area contributed by atoms with Gasteiger partial charge in [-0.1, -0.05) is 0 Å². The molecule has 2 heterocycles. The van der Waals surface area contributed by atoms with Crippen molar-refractivity contribution in [1.82, 2.24) is 9.97 Å². The summed E-state index contributed by atoms with van der Waals surface area (Å²) in [5, 5.41) is 11.5. The Kier molecular flexibility index (Phi) is 3.74. The highest BCUT2D eigenvalue weighted by atomic mass is 16.4. The molecular formula is C14H13N3O3. The zero-order chi connectivity index (χ0) is 14.7. The van der Waals surface area contributed by atoms with Crippen molar-refractivity contribution in [2.24, 2.45) is 0 Å². The van der Waals surface area contributed by atoms with Crippen molar-refractivity contribution in [3.63, 3.8) is 0 Å². The van der Waals surface area contributed by atoms with Crippen molar-refractivity contribution in [2.45, 2.75) is 13.8 Å². The number of hydrogen-bond acceptors (Lipinski definition) is 4. The van der Waals surface area contributed by atoms with Crippen LogP contribution in [0.2, 0.25) is 0 Å². The first-order chi connectivity index (χ1) is 9.47.